The molecule has 15 heavy (non-hydrogen) atoms. The maximum absolute atomic E-state index is 8.20. The quantitative estimate of drug-likeness (QED) is 0.520. The predicted molar refractivity (Wildman–Crippen MR) is 65.3 cm³/mol. The summed E-state index contributed by atoms with van der Waals surface area (Å²) in [6, 6.07) is 0. The minimum Gasteiger partial charge on any atom is -0.396 e. The molecule has 0 aliphatic carbocycles. The molecule has 0 aliphatic rings. The van der Waals surface area contributed by atoms with Crippen LogP contribution in [0.1, 0.15) is 71.6 Å². The fraction of sp³-hybridized carbons (Fsp3) is 0.923. The van der Waals surface area contributed by atoms with Gasteiger partial charge < -0.3 is 12.0 Å². The summed E-state index contributed by atoms with van der Waals surface area (Å²) in [5.41, 5.74) is 0. The molecular formula is C13H29OY-. The van der Waals surface area contributed by atoms with Crippen molar-refractivity contribution in [1.29, 1.82) is 0 Å². The van der Waals surface area contributed by atoms with Crippen molar-refractivity contribution in [2.24, 2.45) is 0 Å². The fourth-order valence-electron chi connectivity index (χ4n) is 1.14. The average molecular weight is 290 g/mol. The standard InChI is InChI=1S/C8H17.C5H12O.Y/c1-3-5-7-8-6-4-2;1-2-3-4-5-6;/h1,3-8H2,2H3;6H,2-5H2,1H3;/q-1;;. The Balaban J connectivity index is -0.000000187. The molecule has 0 fully saturated rings. The van der Waals surface area contributed by atoms with Crippen molar-refractivity contribution in [2.75, 3.05) is 6.61 Å². The predicted octanol–water partition coefficient (Wildman–Crippen LogP) is 4.35. The fourth-order valence-corrected chi connectivity index (χ4v) is 1.14. The van der Waals surface area contributed by atoms with Crippen molar-refractivity contribution >= 4 is 0 Å². The van der Waals surface area contributed by atoms with Gasteiger partial charge in [-0.05, 0) is 6.42 Å². The van der Waals surface area contributed by atoms with Crippen molar-refractivity contribution in [2.45, 2.75) is 71.6 Å². The zero-order chi connectivity index (χ0) is 11.1. The largest absolute Gasteiger partial charge is 0.396 e. The molecule has 0 aliphatic heterocycles. The molecule has 1 radical (unpaired) electrons. The Morgan fingerprint density at radius 2 is 1.27 bits per heavy atom. The number of unbranched alkanes of at least 4 members (excludes halogenated alkanes) is 7. The topological polar surface area (TPSA) is 20.2 Å². The van der Waals surface area contributed by atoms with E-state index in [4.69, 9.17) is 5.11 Å². The van der Waals surface area contributed by atoms with Crippen LogP contribution in [0.3, 0.4) is 0 Å². The number of hydrogen-bond acceptors (Lipinski definition) is 1. The van der Waals surface area contributed by atoms with Gasteiger partial charge in [-0.15, -0.1) is 0 Å². The molecule has 0 heterocycles. The Kier molecular flexibility index (Phi) is 34.7. The second kappa shape index (κ2) is 24.3. The number of hydrogen-bond donors (Lipinski definition) is 1. The van der Waals surface area contributed by atoms with E-state index in [2.05, 4.69) is 20.8 Å². The van der Waals surface area contributed by atoms with Gasteiger partial charge in [0.25, 0.3) is 0 Å². The van der Waals surface area contributed by atoms with Crippen LogP contribution in [0.2, 0.25) is 0 Å². The van der Waals surface area contributed by atoms with E-state index in [1.807, 2.05) is 0 Å². The van der Waals surface area contributed by atoms with Crippen LogP contribution in [0.4, 0.5) is 0 Å². The Hall–Kier alpha value is 1.06. The number of rotatable bonds is 8. The molecule has 0 rings (SSSR count). The molecule has 0 saturated carbocycles. The zero-order valence-corrected chi connectivity index (χ0v) is 13.6. The summed E-state index contributed by atoms with van der Waals surface area (Å²) >= 11 is 0. The molecule has 0 spiro atoms. The van der Waals surface area contributed by atoms with Crippen LogP contribution in [0, 0.1) is 6.92 Å². The molecule has 91 valence electrons. The van der Waals surface area contributed by atoms with Crippen LogP contribution < -0.4 is 0 Å². The summed E-state index contributed by atoms with van der Waals surface area (Å²) in [5, 5.41) is 8.20. The Morgan fingerprint density at radius 1 is 0.800 bits per heavy atom. The van der Waals surface area contributed by atoms with Gasteiger partial charge in [0.1, 0.15) is 0 Å². The van der Waals surface area contributed by atoms with Crippen LogP contribution in [-0.2, 0) is 32.7 Å². The summed E-state index contributed by atoms with van der Waals surface area (Å²) in [5.74, 6) is 0. The van der Waals surface area contributed by atoms with E-state index >= 15 is 0 Å². The first-order chi connectivity index (χ1) is 6.83. The maximum atomic E-state index is 8.20. The Morgan fingerprint density at radius 3 is 1.60 bits per heavy atom. The molecule has 0 aromatic heterocycles. The van der Waals surface area contributed by atoms with E-state index < -0.39 is 0 Å². The minimum absolute atomic E-state index is 0. The Bertz CT molecular complexity index is 66.9. The Labute approximate surface area is 122 Å². The molecule has 0 unspecified atom stereocenters. The smallest absolute Gasteiger partial charge is 0.0431 e. The zero-order valence-electron chi connectivity index (χ0n) is 10.8. The normalized spacial score (nSPS) is 8.80. The van der Waals surface area contributed by atoms with Crippen molar-refractivity contribution in [3.8, 4) is 0 Å². The minimum atomic E-state index is 0. The van der Waals surface area contributed by atoms with Crippen LogP contribution in [0.15, 0.2) is 0 Å². The molecule has 1 nitrogen and oxygen atoms in total. The van der Waals surface area contributed by atoms with E-state index in [0.29, 0.717) is 6.61 Å². The van der Waals surface area contributed by atoms with Crippen LogP contribution >= 0.6 is 0 Å². The molecule has 0 saturated heterocycles. The van der Waals surface area contributed by atoms with E-state index in [0.717, 1.165) is 19.3 Å². The molecule has 2 heteroatoms. The van der Waals surface area contributed by atoms with E-state index in [9.17, 15) is 0 Å². The van der Waals surface area contributed by atoms with Gasteiger partial charge in [0.2, 0.25) is 0 Å². The van der Waals surface area contributed by atoms with Crippen LogP contribution in [-0.4, -0.2) is 11.7 Å². The van der Waals surface area contributed by atoms with Crippen LogP contribution in [0.25, 0.3) is 0 Å². The summed E-state index contributed by atoms with van der Waals surface area (Å²) in [6.45, 7) is 8.50. The van der Waals surface area contributed by atoms with E-state index in [1.165, 1.54) is 38.5 Å². The van der Waals surface area contributed by atoms with Gasteiger partial charge in [-0.3, -0.25) is 0 Å². The van der Waals surface area contributed by atoms with Gasteiger partial charge in [-0.1, -0.05) is 58.8 Å². The average Bonchev–Trinajstić information content (AvgIpc) is 2.22. The summed E-state index contributed by atoms with van der Waals surface area (Å²) in [4.78, 5) is 0. The van der Waals surface area contributed by atoms with Gasteiger partial charge in [-0.25, -0.2) is 0 Å². The van der Waals surface area contributed by atoms with Crippen molar-refractivity contribution in [3.63, 3.8) is 0 Å². The van der Waals surface area contributed by atoms with Gasteiger partial charge in [0.15, 0.2) is 0 Å². The first kappa shape index (κ1) is 21.4. The second-order valence-corrected chi connectivity index (χ2v) is 3.70. The van der Waals surface area contributed by atoms with E-state index in [-0.39, 0.29) is 32.7 Å². The van der Waals surface area contributed by atoms with Gasteiger partial charge in [0.05, 0.1) is 0 Å². The molecule has 0 atom stereocenters. The van der Waals surface area contributed by atoms with Gasteiger partial charge in [-0.2, -0.15) is 6.42 Å². The summed E-state index contributed by atoms with van der Waals surface area (Å²) in [7, 11) is 0. The van der Waals surface area contributed by atoms with Crippen molar-refractivity contribution < 1.29 is 37.8 Å². The summed E-state index contributed by atoms with van der Waals surface area (Å²) in [6.07, 6.45) is 11.3. The third kappa shape index (κ3) is 31.3. The summed E-state index contributed by atoms with van der Waals surface area (Å²) < 4.78 is 0. The number of aliphatic hydroxyl groups is 1. The first-order valence-corrected chi connectivity index (χ1v) is 6.23. The molecule has 0 aromatic carbocycles. The van der Waals surface area contributed by atoms with Gasteiger partial charge in [0, 0.05) is 39.3 Å². The van der Waals surface area contributed by atoms with Crippen molar-refractivity contribution in [1.82, 2.24) is 0 Å². The third-order valence-corrected chi connectivity index (χ3v) is 2.12. The number of aliphatic hydroxyl groups excluding tert-OH is 1. The molecule has 1 N–H and O–H groups in total. The molecule has 0 aromatic rings. The van der Waals surface area contributed by atoms with E-state index in [1.54, 1.807) is 0 Å². The van der Waals surface area contributed by atoms with Crippen LogP contribution in [0.5, 0.6) is 0 Å². The van der Waals surface area contributed by atoms with Crippen molar-refractivity contribution in [3.05, 3.63) is 6.92 Å². The molecule has 0 bridgehead atoms. The monoisotopic (exact) mass is 290 g/mol. The first-order valence-electron chi connectivity index (χ1n) is 6.23. The second-order valence-electron chi connectivity index (χ2n) is 3.70. The van der Waals surface area contributed by atoms with Gasteiger partial charge >= 0.3 is 0 Å². The maximum Gasteiger partial charge on any atom is 0.0431 e. The SMILES string of the molecule is CCCCCO.[CH2-]CCCCCCC.[Y]. The third-order valence-electron chi connectivity index (χ3n) is 2.12. The molecule has 0 amide bonds. The molecular weight excluding hydrogens is 261 g/mol.